The van der Waals surface area contributed by atoms with E-state index >= 15 is 0 Å². The third kappa shape index (κ3) is 2.17. The van der Waals surface area contributed by atoms with Crippen molar-refractivity contribution in [3.8, 4) is 11.5 Å². The maximum Gasteiger partial charge on any atom is 0.163 e. The molecule has 0 aliphatic heterocycles. The van der Waals surface area contributed by atoms with Crippen LogP contribution in [-0.4, -0.2) is 20.0 Å². The lowest BCUT2D eigenvalue weighted by molar-refractivity contribution is 0.101. The SMILES string of the molecule is COc1cc(OC)c(C(C)=O)cc1I. The number of benzene rings is 1. The molecule has 0 aromatic heterocycles. The van der Waals surface area contributed by atoms with E-state index < -0.39 is 0 Å². The molecule has 0 aliphatic rings. The van der Waals surface area contributed by atoms with E-state index in [0.717, 1.165) is 3.57 Å². The molecule has 0 fully saturated rings. The number of Topliss-reactive ketones (excluding diaryl/α,β-unsaturated/α-hetero) is 1. The number of ketones is 1. The van der Waals surface area contributed by atoms with Gasteiger partial charge < -0.3 is 9.47 Å². The van der Waals surface area contributed by atoms with Crippen molar-refractivity contribution in [2.75, 3.05) is 14.2 Å². The van der Waals surface area contributed by atoms with Gasteiger partial charge in [-0.05, 0) is 35.6 Å². The Balaban J connectivity index is 3.31. The Bertz CT molecular complexity index is 361. The van der Waals surface area contributed by atoms with E-state index in [0.29, 0.717) is 17.1 Å². The van der Waals surface area contributed by atoms with Gasteiger partial charge in [-0.2, -0.15) is 0 Å². The summed E-state index contributed by atoms with van der Waals surface area (Å²) in [5.74, 6) is 1.25. The molecule has 0 unspecified atom stereocenters. The van der Waals surface area contributed by atoms with Gasteiger partial charge in [0.15, 0.2) is 5.78 Å². The molecule has 76 valence electrons. The zero-order valence-electron chi connectivity index (χ0n) is 8.26. The molecule has 0 saturated heterocycles. The number of ether oxygens (including phenoxy) is 2. The van der Waals surface area contributed by atoms with Crippen LogP contribution < -0.4 is 9.47 Å². The van der Waals surface area contributed by atoms with Gasteiger partial charge in [-0.15, -0.1) is 0 Å². The molecule has 0 bridgehead atoms. The van der Waals surface area contributed by atoms with Crippen LogP contribution in [0.1, 0.15) is 17.3 Å². The highest BCUT2D eigenvalue weighted by Crippen LogP contribution is 2.30. The normalized spacial score (nSPS) is 9.71. The Hall–Kier alpha value is -0.780. The molecule has 0 saturated carbocycles. The smallest absolute Gasteiger partial charge is 0.163 e. The molecule has 0 atom stereocenters. The summed E-state index contributed by atoms with van der Waals surface area (Å²) in [5.41, 5.74) is 0.581. The van der Waals surface area contributed by atoms with Crippen LogP contribution in [0.5, 0.6) is 11.5 Å². The van der Waals surface area contributed by atoms with Crippen LogP contribution in [0.3, 0.4) is 0 Å². The Labute approximate surface area is 96.5 Å². The van der Waals surface area contributed by atoms with E-state index in [-0.39, 0.29) is 5.78 Å². The van der Waals surface area contributed by atoms with E-state index in [1.165, 1.54) is 14.0 Å². The fourth-order valence-corrected chi connectivity index (χ4v) is 1.82. The van der Waals surface area contributed by atoms with Crippen molar-refractivity contribution in [1.82, 2.24) is 0 Å². The number of carbonyl (C=O) groups excluding carboxylic acids is 1. The Morgan fingerprint density at radius 2 is 1.79 bits per heavy atom. The predicted molar refractivity (Wildman–Crippen MR) is 62.3 cm³/mol. The van der Waals surface area contributed by atoms with Crippen molar-refractivity contribution < 1.29 is 14.3 Å². The minimum Gasteiger partial charge on any atom is -0.496 e. The molecule has 0 amide bonds. The molecule has 1 aromatic rings. The average molecular weight is 306 g/mol. The third-order valence-corrected chi connectivity index (χ3v) is 2.70. The van der Waals surface area contributed by atoms with Gasteiger partial charge in [0.25, 0.3) is 0 Å². The average Bonchev–Trinajstić information content (AvgIpc) is 2.17. The van der Waals surface area contributed by atoms with Gasteiger partial charge in [-0.1, -0.05) is 0 Å². The van der Waals surface area contributed by atoms with Gasteiger partial charge >= 0.3 is 0 Å². The summed E-state index contributed by atoms with van der Waals surface area (Å²) in [7, 11) is 3.12. The second kappa shape index (κ2) is 4.63. The summed E-state index contributed by atoms with van der Waals surface area (Å²) < 4.78 is 11.1. The molecule has 1 rings (SSSR count). The molecule has 0 aliphatic carbocycles. The summed E-state index contributed by atoms with van der Waals surface area (Å²) >= 11 is 2.12. The van der Waals surface area contributed by atoms with E-state index in [1.807, 2.05) is 0 Å². The summed E-state index contributed by atoms with van der Waals surface area (Å²) in [6.45, 7) is 1.51. The molecular weight excluding hydrogens is 295 g/mol. The van der Waals surface area contributed by atoms with Crippen LogP contribution in [0.2, 0.25) is 0 Å². The van der Waals surface area contributed by atoms with Gasteiger partial charge in [0.05, 0.1) is 23.4 Å². The minimum absolute atomic E-state index is 0.0116. The highest BCUT2D eigenvalue weighted by molar-refractivity contribution is 14.1. The number of hydrogen-bond donors (Lipinski definition) is 0. The number of rotatable bonds is 3. The van der Waals surface area contributed by atoms with Gasteiger partial charge in [0.2, 0.25) is 0 Å². The van der Waals surface area contributed by atoms with Crippen LogP contribution in [0.25, 0.3) is 0 Å². The van der Waals surface area contributed by atoms with Crippen molar-refractivity contribution in [2.45, 2.75) is 6.92 Å². The number of methoxy groups -OCH3 is 2. The Morgan fingerprint density at radius 3 is 2.21 bits per heavy atom. The van der Waals surface area contributed by atoms with Crippen molar-refractivity contribution >= 4 is 28.4 Å². The van der Waals surface area contributed by atoms with Gasteiger partial charge in [-0.25, -0.2) is 0 Å². The Kier molecular flexibility index (Phi) is 3.74. The van der Waals surface area contributed by atoms with Gasteiger partial charge in [-0.3, -0.25) is 4.79 Å². The van der Waals surface area contributed by atoms with E-state index in [4.69, 9.17) is 9.47 Å². The van der Waals surface area contributed by atoms with Crippen molar-refractivity contribution in [3.05, 3.63) is 21.3 Å². The monoisotopic (exact) mass is 306 g/mol. The molecule has 0 N–H and O–H groups in total. The molecule has 4 heteroatoms. The van der Waals surface area contributed by atoms with E-state index in [9.17, 15) is 4.79 Å². The molecule has 0 heterocycles. The molecule has 14 heavy (non-hydrogen) atoms. The van der Waals surface area contributed by atoms with Crippen LogP contribution in [0, 0.1) is 3.57 Å². The minimum atomic E-state index is -0.0116. The summed E-state index contributed by atoms with van der Waals surface area (Å²) in [4.78, 5) is 11.3. The fraction of sp³-hybridized carbons (Fsp3) is 0.300. The van der Waals surface area contributed by atoms with Crippen molar-refractivity contribution in [3.63, 3.8) is 0 Å². The molecule has 1 aromatic carbocycles. The molecule has 3 nitrogen and oxygen atoms in total. The van der Waals surface area contributed by atoms with Crippen LogP contribution in [0.15, 0.2) is 12.1 Å². The van der Waals surface area contributed by atoms with Crippen LogP contribution in [0.4, 0.5) is 0 Å². The number of carbonyl (C=O) groups is 1. The van der Waals surface area contributed by atoms with Crippen LogP contribution in [-0.2, 0) is 0 Å². The quantitative estimate of drug-likeness (QED) is 0.636. The molecular formula is C10H11IO3. The number of hydrogen-bond acceptors (Lipinski definition) is 3. The van der Waals surface area contributed by atoms with E-state index in [1.54, 1.807) is 19.2 Å². The van der Waals surface area contributed by atoms with E-state index in [2.05, 4.69) is 22.6 Å². The zero-order valence-corrected chi connectivity index (χ0v) is 10.4. The summed E-state index contributed by atoms with van der Waals surface area (Å²) in [6.07, 6.45) is 0. The maximum atomic E-state index is 11.3. The second-order valence-corrected chi connectivity index (χ2v) is 3.91. The predicted octanol–water partition coefficient (Wildman–Crippen LogP) is 2.51. The topological polar surface area (TPSA) is 35.5 Å². The lowest BCUT2D eigenvalue weighted by Gasteiger charge is -2.09. The van der Waals surface area contributed by atoms with Crippen molar-refractivity contribution in [1.29, 1.82) is 0 Å². The first-order valence-corrected chi connectivity index (χ1v) is 5.10. The lowest BCUT2D eigenvalue weighted by atomic mass is 10.1. The number of halogens is 1. The van der Waals surface area contributed by atoms with Gasteiger partial charge in [0.1, 0.15) is 11.5 Å². The second-order valence-electron chi connectivity index (χ2n) is 2.74. The van der Waals surface area contributed by atoms with Crippen molar-refractivity contribution in [2.24, 2.45) is 0 Å². The summed E-state index contributed by atoms with van der Waals surface area (Å²) in [6, 6.07) is 3.49. The lowest BCUT2D eigenvalue weighted by Crippen LogP contribution is -1.99. The first kappa shape index (κ1) is 11.3. The highest BCUT2D eigenvalue weighted by atomic mass is 127. The Morgan fingerprint density at radius 1 is 1.21 bits per heavy atom. The first-order valence-electron chi connectivity index (χ1n) is 4.02. The zero-order chi connectivity index (χ0) is 10.7. The fourth-order valence-electron chi connectivity index (χ4n) is 1.14. The third-order valence-electron chi connectivity index (χ3n) is 1.85. The molecule has 0 radical (unpaired) electrons. The standard InChI is InChI=1S/C10H11IO3/c1-6(12)7-4-8(11)10(14-3)5-9(7)13-2/h4-5H,1-3H3. The molecule has 0 spiro atoms. The maximum absolute atomic E-state index is 11.3. The van der Waals surface area contributed by atoms with Gasteiger partial charge in [0, 0.05) is 6.07 Å². The first-order chi connectivity index (χ1) is 6.60. The summed E-state index contributed by atoms with van der Waals surface area (Å²) in [5, 5.41) is 0. The van der Waals surface area contributed by atoms with Crippen LogP contribution >= 0.6 is 22.6 Å². The highest BCUT2D eigenvalue weighted by Gasteiger charge is 2.12. The largest absolute Gasteiger partial charge is 0.496 e.